The van der Waals surface area contributed by atoms with Gasteiger partial charge in [-0.25, -0.2) is 4.98 Å². The highest BCUT2D eigenvalue weighted by Crippen LogP contribution is 2.29. The molecule has 1 N–H and O–H groups in total. The van der Waals surface area contributed by atoms with Gasteiger partial charge in [0.15, 0.2) is 0 Å². The van der Waals surface area contributed by atoms with Crippen molar-refractivity contribution in [1.82, 2.24) is 15.0 Å². The van der Waals surface area contributed by atoms with Gasteiger partial charge in [-0.15, -0.1) is 0 Å². The van der Waals surface area contributed by atoms with Crippen LogP contribution in [-0.2, 0) is 0 Å². The molecule has 19 heavy (non-hydrogen) atoms. The van der Waals surface area contributed by atoms with E-state index >= 15 is 0 Å². The molecule has 0 amide bonds. The summed E-state index contributed by atoms with van der Waals surface area (Å²) >= 11 is 6.62. The second-order valence-electron chi connectivity index (χ2n) is 3.90. The number of hydrogen-bond acceptors (Lipinski definition) is 3. The number of aromatic nitrogens is 3. The van der Waals surface area contributed by atoms with Crippen LogP contribution in [0.3, 0.4) is 0 Å². The fourth-order valence-corrected chi connectivity index (χ4v) is 2.50. The van der Waals surface area contributed by atoms with E-state index in [1.165, 1.54) is 6.20 Å². The standard InChI is InChI=1S/C13H7Br2N3O/c14-9-4-3-8(11-7(9)2-1-5-16-11)12-17-6-10(15)13(19)18-12/h1-6H,(H,17,18,19). The average molecular weight is 381 g/mol. The molecule has 4 nitrogen and oxygen atoms in total. The zero-order valence-corrected chi connectivity index (χ0v) is 12.7. The second kappa shape index (κ2) is 4.86. The van der Waals surface area contributed by atoms with Crippen molar-refractivity contribution >= 4 is 42.8 Å². The molecule has 3 rings (SSSR count). The number of aromatic amines is 1. The normalized spacial score (nSPS) is 10.8. The smallest absolute Gasteiger partial charge is 0.265 e. The Bertz CT molecular complexity index is 829. The minimum Gasteiger partial charge on any atom is -0.305 e. The molecular weight excluding hydrogens is 374 g/mol. The molecule has 0 saturated carbocycles. The van der Waals surface area contributed by atoms with Crippen LogP contribution < -0.4 is 5.56 Å². The third-order valence-corrected chi connectivity index (χ3v) is 3.98. The maximum atomic E-state index is 11.6. The van der Waals surface area contributed by atoms with Gasteiger partial charge in [0.25, 0.3) is 5.56 Å². The van der Waals surface area contributed by atoms with E-state index in [2.05, 4.69) is 46.8 Å². The largest absolute Gasteiger partial charge is 0.305 e. The maximum absolute atomic E-state index is 11.6. The second-order valence-corrected chi connectivity index (χ2v) is 5.61. The highest BCUT2D eigenvalue weighted by Gasteiger charge is 2.10. The molecule has 0 bridgehead atoms. The quantitative estimate of drug-likeness (QED) is 0.702. The summed E-state index contributed by atoms with van der Waals surface area (Å²) < 4.78 is 1.37. The highest BCUT2D eigenvalue weighted by molar-refractivity contribution is 9.11. The Morgan fingerprint density at radius 1 is 1.05 bits per heavy atom. The summed E-state index contributed by atoms with van der Waals surface area (Å²) in [6.45, 7) is 0. The summed E-state index contributed by atoms with van der Waals surface area (Å²) in [6, 6.07) is 7.63. The monoisotopic (exact) mass is 379 g/mol. The molecule has 0 aliphatic carbocycles. The molecule has 0 aliphatic heterocycles. The predicted molar refractivity (Wildman–Crippen MR) is 81.0 cm³/mol. The van der Waals surface area contributed by atoms with Crippen molar-refractivity contribution in [2.75, 3.05) is 0 Å². The van der Waals surface area contributed by atoms with E-state index in [1.54, 1.807) is 6.20 Å². The first kappa shape index (κ1) is 12.5. The minimum absolute atomic E-state index is 0.211. The van der Waals surface area contributed by atoms with Crippen LogP contribution in [0.2, 0.25) is 0 Å². The molecule has 2 heterocycles. The fourth-order valence-electron chi connectivity index (χ4n) is 1.85. The Labute approximate surface area is 125 Å². The van der Waals surface area contributed by atoms with Crippen molar-refractivity contribution in [3.63, 3.8) is 0 Å². The summed E-state index contributed by atoms with van der Waals surface area (Å²) in [6.07, 6.45) is 3.21. The number of fused-ring (bicyclic) bond motifs is 1. The lowest BCUT2D eigenvalue weighted by molar-refractivity contribution is 1.11. The minimum atomic E-state index is -0.211. The maximum Gasteiger partial charge on any atom is 0.265 e. The van der Waals surface area contributed by atoms with E-state index in [0.717, 1.165) is 20.9 Å². The zero-order valence-electron chi connectivity index (χ0n) is 9.52. The molecule has 0 radical (unpaired) electrons. The summed E-state index contributed by atoms with van der Waals surface area (Å²) in [7, 11) is 0. The molecule has 0 saturated heterocycles. The first-order valence-corrected chi connectivity index (χ1v) is 7.04. The Hall–Kier alpha value is -1.53. The van der Waals surface area contributed by atoms with Gasteiger partial charge in [-0.3, -0.25) is 9.78 Å². The van der Waals surface area contributed by atoms with Crippen molar-refractivity contribution < 1.29 is 0 Å². The van der Waals surface area contributed by atoms with Gasteiger partial charge >= 0.3 is 0 Å². The Balaban J connectivity index is 2.34. The Kier molecular flexibility index (Phi) is 3.20. The van der Waals surface area contributed by atoms with Crippen LogP contribution in [0.5, 0.6) is 0 Å². The summed E-state index contributed by atoms with van der Waals surface area (Å²) in [5.74, 6) is 0.504. The molecule has 3 aromatic rings. The first-order valence-electron chi connectivity index (χ1n) is 5.45. The number of halogens is 2. The zero-order chi connectivity index (χ0) is 13.4. The lowest BCUT2D eigenvalue weighted by atomic mass is 10.1. The van der Waals surface area contributed by atoms with E-state index in [4.69, 9.17) is 0 Å². The summed E-state index contributed by atoms with van der Waals surface area (Å²) in [4.78, 5) is 23.0. The van der Waals surface area contributed by atoms with Crippen molar-refractivity contribution in [2.24, 2.45) is 0 Å². The molecule has 2 aromatic heterocycles. The van der Waals surface area contributed by atoms with Crippen LogP contribution in [0.1, 0.15) is 0 Å². The van der Waals surface area contributed by atoms with Crippen LogP contribution in [0.15, 0.2) is 50.4 Å². The van der Waals surface area contributed by atoms with Crippen molar-refractivity contribution in [2.45, 2.75) is 0 Å². The van der Waals surface area contributed by atoms with Crippen LogP contribution in [0.4, 0.5) is 0 Å². The molecule has 1 aromatic carbocycles. The average Bonchev–Trinajstić information content (AvgIpc) is 2.43. The number of H-pyrrole nitrogens is 1. The number of pyridine rings is 1. The van der Waals surface area contributed by atoms with E-state index in [9.17, 15) is 4.79 Å². The van der Waals surface area contributed by atoms with E-state index in [0.29, 0.717) is 10.3 Å². The molecule has 0 aliphatic rings. The lowest BCUT2D eigenvalue weighted by Crippen LogP contribution is -2.09. The van der Waals surface area contributed by atoms with E-state index in [-0.39, 0.29) is 5.56 Å². The Morgan fingerprint density at radius 2 is 1.89 bits per heavy atom. The molecule has 94 valence electrons. The van der Waals surface area contributed by atoms with E-state index in [1.807, 2.05) is 24.3 Å². The Morgan fingerprint density at radius 3 is 2.68 bits per heavy atom. The van der Waals surface area contributed by atoms with Crippen LogP contribution in [0.25, 0.3) is 22.3 Å². The molecular formula is C13H7Br2N3O. The van der Waals surface area contributed by atoms with Gasteiger partial charge in [-0.2, -0.15) is 0 Å². The molecule has 0 unspecified atom stereocenters. The van der Waals surface area contributed by atoms with Crippen LogP contribution >= 0.6 is 31.9 Å². The van der Waals surface area contributed by atoms with Crippen LogP contribution in [0, 0.1) is 0 Å². The SMILES string of the molecule is O=c1[nH]c(-c2ccc(Br)c3cccnc23)ncc1Br. The van der Waals surface area contributed by atoms with Crippen molar-refractivity contribution in [3.8, 4) is 11.4 Å². The third kappa shape index (κ3) is 2.21. The molecule has 0 atom stereocenters. The van der Waals surface area contributed by atoms with Gasteiger partial charge in [0, 0.05) is 27.8 Å². The predicted octanol–water partition coefficient (Wildman–Crippen LogP) is 3.51. The van der Waals surface area contributed by atoms with Gasteiger partial charge in [-0.1, -0.05) is 22.0 Å². The first-order chi connectivity index (χ1) is 9.16. The van der Waals surface area contributed by atoms with Crippen LogP contribution in [-0.4, -0.2) is 15.0 Å². The number of hydrogen-bond donors (Lipinski definition) is 1. The van der Waals surface area contributed by atoms with Gasteiger partial charge in [-0.05, 0) is 34.1 Å². The topological polar surface area (TPSA) is 58.6 Å². The number of benzene rings is 1. The van der Waals surface area contributed by atoms with Gasteiger partial charge in [0.1, 0.15) is 10.3 Å². The summed E-state index contributed by atoms with van der Waals surface area (Å²) in [5, 5.41) is 0.977. The number of nitrogens with one attached hydrogen (secondary N) is 1. The van der Waals surface area contributed by atoms with Crippen molar-refractivity contribution in [3.05, 3.63) is 56.0 Å². The molecule has 0 spiro atoms. The molecule has 6 heteroatoms. The highest BCUT2D eigenvalue weighted by atomic mass is 79.9. The summed E-state index contributed by atoms with van der Waals surface area (Å²) in [5.41, 5.74) is 1.38. The lowest BCUT2D eigenvalue weighted by Gasteiger charge is -2.06. The number of nitrogens with zero attached hydrogens (tertiary/aromatic N) is 2. The third-order valence-electron chi connectivity index (χ3n) is 2.73. The van der Waals surface area contributed by atoms with Gasteiger partial charge in [0.2, 0.25) is 0 Å². The fraction of sp³-hybridized carbons (Fsp3) is 0. The van der Waals surface area contributed by atoms with E-state index < -0.39 is 0 Å². The molecule has 0 fully saturated rings. The van der Waals surface area contributed by atoms with Gasteiger partial charge in [0.05, 0.1) is 5.52 Å². The van der Waals surface area contributed by atoms with Crippen molar-refractivity contribution in [1.29, 1.82) is 0 Å². The number of rotatable bonds is 1. The van der Waals surface area contributed by atoms with Gasteiger partial charge < -0.3 is 4.98 Å².